The normalized spacial score (nSPS) is 20.9. The molecular weight excluding hydrogens is 679 g/mol. The molecule has 2 heterocycles. The molecule has 1 unspecified atom stereocenters. The van der Waals surface area contributed by atoms with Gasteiger partial charge in [0.25, 0.3) is 11.5 Å². The van der Waals surface area contributed by atoms with Crippen LogP contribution in [-0.4, -0.2) is 64.3 Å². The third-order valence-corrected chi connectivity index (χ3v) is 10.8. The van der Waals surface area contributed by atoms with Crippen LogP contribution in [0.3, 0.4) is 0 Å². The van der Waals surface area contributed by atoms with E-state index in [2.05, 4.69) is 10.1 Å². The number of amides is 1. The summed E-state index contributed by atoms with van der Waals surface area (Å²) < 4.78 is 146. The van der Waals surface area contributed by atoms with E-state index in [1.165, 1.54) is 17.0 Å². The fraction of sp³-hybridized carbons (Fsp3) is 0.406. The van der Waals surface area contributed by atoms with Crippen molar-refractivity contribution in [2.24, 2.45) is 0 Å². The number of nitrogens with zero attached hydrogens (tertiary/aromatic N) is 1. The van der Waals surface area contributed by atoms with Crippen molar-refractivity contribution in [2.75, 3.05) is 26.2 Å². The zero-order valence-corrected chi connectivity index (χ0v) is 25.8. The van der Waals surface area contributed by atoms with Crippen LogP contribution in [0.1, 0.15) is 36.0 Å². The molecule has 1 amide bonds. The molecule has 3 aromatic rings. The lowest BCUT2D eigenvalue weighted by Gasteiger charge is -2.38. The van der Waals surface area contributed by atoms with Gasteiger partial charge >= 0.3 is 12.4 Å². The maximum atomic E-state index is 14.5. The van der Waals surface area contributed by atoms with E-state index in [-0.39, 0.29) is 42.8 Å². The van der Waals surface area contributed by atoms with E-state index in [9.17, 15) is 53.6 Å². The zero-order chi connectivity index (χ0) is 35.1. The second-order valence-electron chi connectivity index (χ2n) is 11.7. The summed E-state index contributed by atoms with van der Waals surface area (Å²) in [6.07, 6.45) is -12.3. The third kappa shape index (κ3) is 6.34. The molecule has 2 atom stereocenters. The number of hydrogen-bond donors (Lipinski definition) is 2. The standard InChI is InChI=1S/C32H29F9N2O4S/c33-22-8-10-23(11-9-22)48(46)29(14-17-43(19-29)27(44)28(45)12-15-42-16-13-28)20-4-6-21(7-5-20)30(31(36,37)38,32(39,40)41)47-18-24-25(34)2-1-3-26(24)35/h1-11,42,45H,12-19H2/t29-,48?/m0/s1. The van der Waals surface area contributed by atoms with E-state index in [4.69, 9.17) is 0 Å². The molecule has 0 aromatic heterocycles. The number of benzene rings is 3. The number of hydrogen-bond acceptors (Lipinski definition) is 5. The number of alkyl halides is 6. The first-order chi connectivity index (χ1) is 22.4. The topological polar surface area (TPSA) is 78.9 Å². The molecule has 0 saturated carbocycles. The summed E-state index contributed by atoms with van der Waals surface area (Å²) in [5.74, 6) is -4.15. The van der Waals surface area contributed by atoms with Crippen molar-refractivity contribution in [3.63, 3.8) is 0 Å². The van der Waals surface area contributed by atoms with E-state index in [1.54, 1.807) is 0 Å². The van der Waals surface area contributed by atoms with Gasteiger partial charge in [-0.15, -0.1) is 0 Å². The second kappa shape index (κ2) is 13.1. The van der Waals surface area contributed by atoms with E-state index < -0.39 is 80.2 Å². The quantitative estimate of drug-likeness (QED) is 0.282. The molecule has 48 heavy (non-hydrogen) atoms. The monoisotopic (exact) mass is 708 g/mol. The molecule has 3 aromatic carbocycles. The molecule has 6 nitrogen and oxygen atoms in total. The van der Waals surface area contributed by atoms with Gasteiger partial charge < -0.3 is 20.1 Å². The molecule has 2 fully saturated rings. The van der Waals surface area contributed by atoms with Crippen molar-refractivity contribution < 1.29 is 58.4 Å². The Kier molecular flexibility index (Phi) is 9.78. The van der Waals surface area contributed by atoms with Gasteiger partial charge in [0.2, 0.25) is 0 Å². The Balaban J connectivity index is 1.57. The van der Waals surface area contributed by atoms with Crippen molar-refractivity contribution in [3.8, 4) is 0 Å². The van der Waals surface area contributed by atoms with Gasteiger partial charge in [-0.25, -0.2) is 13.2 Å². The molecule has 2 saturated heterocycles. The third-order valence-electron chi connectivity index (χ3n) is 8.84. The number of ether oxygens (including phenoxy) is 1. The number of piperidine rings is 1. The average molecular weight is 709 g/mol. The number of halogens is 9. The molecule has 0 aliphatic carbocycles. The summed E-state index contributed by atoms with van der Waals surface area (Å²) in [6, 6.07) is 9.38. The number of rotatable bonds is 8. The first-order valence-electron chi connectivity index (χ1n) is 14.7. The van der Waals surface area contributed by atoms with Gasteiger partial charge in [-0.3, -0.25) is 9.00 Å². The maximum absolute atomic E-state index is 14.5. The van der Waals surface area contributed by atoms with Gasteiger partial charge in [0.15, 0.2) is 0 Å². The van der Waals surface area contributed by atoms with Gasteiger partial charge in [0.05, 0.1) is 22.2 Å². The predicted octanol–water partition coefficient (Wildman–Crippen LogP) is 5.99. The van der Waals surface area contributed by atoms with Crippen molar-refractivity contribution in [1.29, 1.82) is 0 Å². The maximum Gasteiger partial charge on any atom is 0.430 e. The van der Waals surface area contributed by atoms with Crippen LogP contribution in [-0.2, 0) is 37.3 Å². The van der Waals surface area contributed by atoms with Crippen molar-refractivity contribution in [2.45, 2.75) is 59.1 Å². The number of likely N-dealkylation sites (tertiary alicyclic amines) is 1. The highest BCUT2D eigenvalue weighted by atomic mass is 32.2. The first kappa shape index (κ1) is 35.8. The molecular formula is C32H29F9N2O4S. The Bertz CT molecular complexity index is 1630. The molecule has 2 aliphatic rings. The Labute approximate surface area is 271 Å². The van der Waals surface area contributed by atoms with E-state index in [0.29, 0.717) is 37.4 Å². The Morgan fingerprint density at radius 3 is 1.96 bits per heavy atom. The minimum absolute atomic E-state index is 0.0140. The molecule has 5 rings (SSSR count). The Morgan fingerprint density at radius 1 is 0.854 bits per heavy atom. The minimum Gasteiger partial charge on any atom is -0.380 e. The SMILES string of the molecule is O=C(N1CC[C@](c2ccc(C(OCc3c(F)cccc3F)(C(F)(F)F)C(F)(F)F)cc2)(S(=O)c2ccc(F)cc2)C1)C1(O)CCNCC1. The Hall–Kier alpha value is -3.47. The molecule has 16 heteroatoms. The largest absolute Gasteiger partial charge is 0.430 e. The highest BCUT2D eigenvalue weighted by Crippen LogP contribution is 2.54. The number of carbonyl (C=O) groups is 1. The summed E-state index contributed by atoms with van der Waals surface area (Å²) in [5.41, 5.74) is -9.41. The van der Waals surface area contributed by atoms with Gasteiger partial charge in [-0.05, 0) is 74.3 Å². The molecule has 2 N–H and O–H groups in total. The minimum atomic E-state index is -6.18. The average Bonchev–Trinajstić information content (AvgIpc) is 3.48. The van der Waals surface area contributed by atoms with Gasteiger partial charge in [-0.1, -0.05) is 30.3 Å². The van der Waals surface area contributed by atoms with Crippen LogP contribution in [0.4, 0.5) is 39.5 Å². The van der Waals surface area contributed by atoms with E-state index >= 15 is 0 Å². The summed E-state index contributed by atoms with van der Waals surface area (Å²) >= 11 is 0. The summed E-state index contributed by atoms with van der Waals surface area (Å²) in [5, 5.41) is 14.1. The molecule has 0 bridgehead atoms. The van der Waals surface area contributed by atoms with Crippen LogP contribution in [0, 0.1) is 17.5 Å². The number of nitrogens with one attached hydrogen (secondary N) is 1. The highest BCUT2D eigenvalue weighted by molar-refractivity contribution is 7.86. The fourth-order valence-corrected chi connectivity index (χ4v) is 7.91. The Morgan fingerprint density at radius 2 is 1.42 bits per heavy atom. The van der Waals surface area contributed by atoms with Gasteiger partial charge in [-0.2, -0.15) is 26.3 Å². The number of carbonyl (C=O) groups excluding carboxylic acids is 1. The van der Waals surface area contributed by atoms with Crippen molar-refractivity contribution in [3.05, 3.63) is 101 Å². The van der Waals surface area contributed by atoms with Crippen molar-refractivity contribution in [1.82, 2.24) is 10.2 Å². The van der Waals surface area contributed by atoms with Crippen LogP contribution in [0.25, 0.3) is 0 Å². The zero-order valence-electron chi connectivity index (χ0n) is 24.9. The van der Waals surface area contributed by atoms with E-state index in [0.717, 1.165) is 30.3 Å². The summed E-state index contributed by atoms with van der Waals surface area (Å²) in [7, 11) is -2.14. The van der Waals surface area contributed by atoms with Gasteiger partial charge in [0, 0.05) is 29.1 Å². The molecule has 260 valence electrons. The lowest BCUT2D eigenvalue weighted by Crippen LogP contribution is -2.56. The van der Waals surface area contributed by atoms with Gasteiger partial charge in [0.1, 0.15) is 23.1 Å². The number of aliphatic hydroxyl groups is 1. The smallest absolute Gasteiger partial charge is 0.380 e. The molecule has 0 spiro atoms. The second-order valence-corrected chi connectivity index (χ2v) is 13.5. The van der Waals surface area contributed by atoms with Crippen LogP contribution in [0.2, 0.25) is 0 Å². The van der Waals surface area contributed by atoms with Crippen LogP contribution in [0.15, 0.2) is 71.6 Å². The van der Waals surface area contributed by atoms with Crippen molar-refractivity contribution >= 4 is 16.7 Å². The van der Waals surface area contributed by atoms with Crippen LogP contribution < -0.4 is 5.32 Å². The molecule has 0 radical (unpaired) electrons. The van der Waals surface area contributed by atoms with Crippen LogP contribution in [0.5, 0.6) is 0 Å². The summed E-state index contributed by atoms with van der Waals surface area (Å²) in [6.45, 7) is -1.44. The lowest BCUT2D eigenvalue weighted by atomic mass is 9.88. The highest BCUT2D eigenvalue weighted by Gasteiger charge is 2.73. The van der Waals surface area contributed by atoms with E-state index in [1.807, 2.05) is 0 Å². The lowest BCUT2D eigenvalue weighted by molar-refractivity contribution is -0.392. The summed E-state index contributed by atoms with van der Waals surface area (Å²) in [4.78, 5) is 14.8. The van der Waals surface area contributed by atoms with Crippen LogP contribution >= 0.6 is 0 Å². The predicted molar refractivity (Wildman–Crippen MR) is 154 cm³/mol. The first-order valence-corrected chi connectivity index (χ1v) is 15.8. The molecule has 2 aliphatic heterocycles. The fourth-order valence-electron chi connectivity index (χ4n) is 6.18.